The van der Waals surface area contributed by atoms with Crippen molar-refractivity contribution in [3.63, 3.8) is 0 Å². The molecule has 2 saturated carbocycles. The van der Waals surface area contributed by atoms with E-state index in [9.17, 15) is 5.11 Å². The van der Waals surface area contributed by atoms with Crippen LogP contribution in [0.1, 0.15) is 46.5 Å². The molecule has 0 radical (unpaired) electrons. The van der Waals surface area contributed by atoms with Crippen LogP contribution in [0.15, 0.2) is 12.2 Å². The van der Waals surface area contributed by atoms with Crippen LogP contribution in [-0.4, -0.2) is 26.7 Å². The molecule has 1 heterocycles. The van der Waals surface area contributed by atoms with E-state index in [-0.39, 0.29) is 27.4 Å². The maximum atomic E-state index is 10.2. The van der Waals surface area contributed by atoms with E-state index in [4.69, 9.17) is 16.3 Å². The third-order valence-corrected chi connectivity index (χ3v) is 8.45. The fourth-order valence-corrected chi connectivity index (χ4v) is 5.44. The topological polar surface area (TPSA) is 32.8 Å². The van der Waals surface area contributed by atoms with E-state index in [0.29, 0.717) is 6.42 Å². The van der Waals surface area contributed by atoms with Crippen molar-refractivity contribution in [1.29, 1.82) is 0 Å². The molecule has 108 valence electrons. The molecule has 1 saturated heterocycles. The molecule has 2 nitrogen and oxygen atoms in total. The molecule has 1 N–H and O–H groups in total. The van der Waals surface area contributed by atoms with Gasteiger partial charge in [-0.3, -0.25) is 0 Å². The summed E-state index contributed by atoms with van der Waals surface area (Å²) in [6.45, 7) is 10.8. The Morgan fingerprint density at radius 2 is 2.00 bits per heavy atom. The standard InChI is InChI=1S/C15H22BrClO2/c1-9-7-10(18)11(16)12(2,3)14(9)6-5-13(4)15(17,8-14)19-13/h10-11,18H,1,5-8H2,2-4H3/t10-,11-,13?,14+,15?/m0/s1. The smallest absolute Gasteiger partial charge is 0.172 e. The first-order valence-corrected chi connectivity index (χ1v) is 8.27. The highest BCUT2D eigenvalue weighted by Crippen LogP contribution is 2.71. The van der Waals surface area contributed by atoms with Crippen molar-refractivity contribution < 1.29 is 9.84 Å². The molecular weight excluding hydrogens is 328 g/mol. The van der Waals surface area contributed by atoms with Gasteiger partial charge in [0.05, 0.1) is 6.10 Å². The molecule has 3 aliphatic rings. The van der Waals surface area contributed by atoms with Crippen LogP contribution in [0.5, 0.6) is 0 Å². The van der Waals surface area contributed by atoms with E-state index < -0.39 is 5.06 Å². The quantitative estimate of drug-likeness (QED) is 0.407. The molecule has 0 aromatic carbocycles. The van der Waals surface area contributed by atoms with E-state index in [1.165, 1.54) is 0 Å². The zero-order valence-electron chi connectivity index (χ0n) is 11.8. The maximum Gasteiger partial charge on any atom is 0.172 e. The number of fused-ring (bicyclic) bond motifs is 1. The monoisotopic (exact) mass is 348 g/mol. The van der Waals surface area contributed by atoms with Gasteiger partial charge < -0.3 is 9.84 Å². The van der Waals surface area contributed by atoms with Crippen molar-refractivity contribution in [1.82, 2.24) is 0 Å². The summed E-state index contributed by atoms with van der Waals surface area (Å²) in [4.78, 5) is 0.0638. The second-order valence-electron chi connectivity index (χ2n) is 7.32. The van der Waals surface area contributed by atoms with Crippen LogP contribution < -0.4 is 0 Å². The zero-order valence-corrected chi connectivity index (χ0v) is 14.1. The summed E-state index contributed by atoms with van der Waals surface area (Å²) in [7, 11) is 0. The number of rotatable bonds is 0. The Balaban J connectivity index is 2.00. The lowest BCUT2D eigenvalue weighted by Gasteiger charge is -2.58. The number of hydrogen-bond donors (Lipinski definition) is 1. The minimum atomic E-state index is -0.527. The van der Waals surface area contributed by atoms with E-state index in [1.54, 1.807) is 0 Å². The first kappa shape index (κ1) is 14.4. The number of epoxide rings is 1. The van der Waals surface area contributed by atoms with Crippen molar-refractivity contribution in [2.75, 3.05) is 0 Å². The van der Waals surface area contributed by atoms with Crippen LogP contribution in [0.2, 0.25) is 0 Å². The predicted octanol–water partition coefficient (Wildman–Crippen LogP) is 3.99. The molecule has 3 fully saturated rings. The normalized spacial score (nSPS) is 56.0. The highest BCUT2D eigenvalue weighted by molar-refractivity contribution is 9.09. The summed E-state index contributed by atoms with van der Waals surface area (Å²) < 4.78 is 5.83. The molecule has 5 atom stereocenters. The number of aliphatic hydroxyl groups is 1. The van der Waals surface area contributed by atoms with Gasteiger partial charge in [0, 0.05) is 16.7 Å². The van der Waals surface area contributed by atoms with Crippen LogP contribution in [-0.2, 0) is 4.74 Å². The predicted molar refractivity (Wildman–Crippen MR) is 80.6 cm³/mol. The molecule has 0 aromatic rings. The second-order valence-corrected chi connectivity index (χ2v) is 8.92. The zero-order chi connectivity index (χ0) is 14.3. The number of aliphatic hydroxyl groups excluding tert-OH is 1. The van der Waals surface area contributed by atoms with Gasteiger partial charge in [0.1, 0.15) is 5.60 Å². The molecule has 1 aliphatic heterocycles. The minimum Gasteiger partial charge on any atom is -0.392 e. The number of alkyl halides is 2. The Morgan fingerprint density at radius 3 is 2.58 bits per heavy atom. The Bertz CT molecular complexity index is 451. The number of halogens is 2. The van der Waals surface area contributed by atoms with Crippen molar-refractivity contribution in [3.05, 3.63) is 12.2 Å². The molecule has 0 bridgehead atoms. The Kier molecular flexibility index (Phi) is 2.87. The molecule has 2 unspecified atom stereocenters. The van der Waals surface area contributed by atoms with Gasteiger partial charge in [-0.2, -0.15) is 0 Å². The maximum absolute atomic E-state index is 10.2. The summed E-state index contributed by atoms with van der Waals surface area (Å²) in [6, 6.07) is 0. The average molecular weight is 350 g/mol. The van der Waals surface area contributed by atoms with Crippen molar-refractivity contribution in [3.8, 4) is 0 Å². The fourth-order valence-electron chi connectivity index (χ4n) is 4.32. The van der Waals surface area contributed by atoms with E-state index in [2.05, 4.69) is 43.3 Å². The highest BCUT2D eigenvalue weighted by Gasteiger charge is 2.74. The summed E-state index contributed by atoms with van der Waals surface area (Å²) in [5.41, 5.74) is 0.849. The van der Waals surface area contributed by atoms with E-state index >= 15 is 0 Å². The molecule has 1 spiro atoms. The van der Waals surface area contributed by atoms with E-state index in [0.717, 1.165) is 24.8 Å². The molecule has 0 amide bonds. The largest absolute Gasteiger partial charge is 0.392 e. The SMILES string of the molecule is C=C1C[C@H](O)[C@H](Br)C(C)(C)[C@@]12CCC1(C)OC1(Cl)C2. The Labute approximate surface area is 128 Å². The van der Waals surface area contributed by atoms with Crippen LogP contribution in [0.3, 0.4) is 0 Å². The molecule has 2 aliphatic carbocycles. The van der Waals surface area contributed by atoms with Gasteiger partial charge >= 0.3 is 0 Å². The summed E-state index contributed by atoms with van der Waals surface area (Å²) in [5.74, 6) is 0. The van der Waals surface area contributed by atoms with Gasteiger partial charge in [0.15, 0.2) is 5.06 Å². The van der Waals surface area contributed by atoms with Gasteiger partial charge in [-0.05, 0) is 31.6 Å². The minimum absolute atomic E-state index is 0.0435. The van der Waals surface area contributed by atoms with Gasteiger partial charge in [0.25, 0.3) is 0 Å². The van der Waals surface area contributed by atoms with Gasteiger partial charge in [-0.25, -0.2) is 0 Å². The fraction of sp³-hybridized carbons (Fsp3) is 0.867. The molecule has 4 heteroatoms. The summed E-state index contributed by atoms with van der Waals surface area (Å²) in [6.07, 6.45) is 3.10. The van der Waals surface area contributed by atoms with Crippen molar-refractivity contribution >= 4 is 27.5 Å². The van der Waals surface area contributed by atoms with Gasteiger partial charge in [-0.1, -0.05) is 53.5 Å². The van der Waals surface area contributed by atoms with Crippen LogP contribution in [0.25, 0.3) is 0 Å². The molecule has 19 heavy (non-hydrogen) atoms. The van der Waals surface area contributed by atoms with Crippen LogP contribution >= 0.6 is 27.5 Å². The third kappa shape index (κ3) is 1.62. The molecular formula is C15H22BrClO2. The summed E-state index contributed by atoms with van der Waals surface area (Å²) in [5, 5.41) is 9.69. The first-order chi connectivity index (χ1) is 8.58. The third-order valence-electron chi connectivity index (χ3n) is 6.09. The van der Waals surface area contributed by atoms with Crippen molar-refractivity contribution in [2.24, 2.45) is 10.8 Å². The summed E-state index contributed by atoms with van der Waals surface area (Å²) >= 11 is 10.3. The van der Waals surface area contributed by atoms with Crippen LogP contribution in [0, 0.1) is 10.8 Å². The Morgan fingerprint density at radius 1 is 1.37 bits per heavy atom. The van der Waals surface area contributed by atoms with Crippen LogP contribution in [0.4, 0.5) is 0 Å². The van der Waals surface area contributed by atoms with Crippen molar-refractivity contribution in [2.45, 2.75) is 68.0 Å². The molecule has 3 rings (SSSR count). The lowest BCUT2D eigenvalue weighted by Crippen LogP contribution is -2.56. The number of ether oxygens (including phenoxy) is 1. The first-order valence-electron chi connectivity index (χ1n) is 6.98. The molecule has 0 aromatic heterocycles. The van der Waals surface area contributed by atoms with E-state index in [1.807, 2.05) is 0 Å². The highest BCUT2D eigenvalue weighted by atomic mass is 79.9. The Hall–Kier alpha value is 0.430. The lowest BCUT2D eigenvalue weighted by molar-refractivity contribution is -0.0167. The lowest BCUT2D eigenvalue weighted by atomic mass is 9.49. The van der Waals surface area contributed by atoms with Gasteiger partial charge in [-0.15, -0.1) is 0 Å². The average Bonchev–Trinajstić information content (AvgIpc) is 2.87. The second kappa shape index (κ2) is 3.79. The number of hydrogen-bond acceptors (Lipinski definition) is 2. The van der Waals surface area contributed by atoms with Gasteiger partial charge in [0.2, 0.25) is 0 Å².